The Morgan fingerprint density at radius 1 is 0.955 bits per heavy atom. The zero-order chi connectivity index (χ0) is 15.7. The molecule has 0 saturated heterocycles. The predicted octanol–water partition coefficient (Wildman–Crippen LogP) is 3.36. The minimum absolute atomic E-state index is 0.481. The van der Waals surface area contributed by atoms with Gasteiger partial charge in [-0.25, -0.2) is 0 Å². The number of hydrogen-bond donors (Lipinski definition) is 1. The smallest absolute Gasteiger partial charge is 0.203 e. The van der Waals surface area contributed by atoms with Crippen LogP contribution in [0.4, 0.5) is 0 Å². The molecule has 1 N–H and O–H groups in total. The first-order chi connectivity index (χ1) is 10.7. The van der Waals surface area contributed by atoms with Crippen molar-refractivity contribution < 1.29 is 19.3 Å². The third kappa shape index (κ3) is 2.20. The normalized spacial score (nSPS) is 16.3. The monoisotopic (exact) mass is 300 g/mol. The van der Waals surface area contributed by atoms with E-state index in [1.54, 1.807) is 21.3 Å². The van der Waals surface area contributed by atoms with Gasteiger partial charge in [0.1, 0.15) is 0 Å². The highest BCUT2D eigenvalue weighted by molar-refractivity contribution is 5.79. The first kappa shape index (κ1) is 14.7. The van der Waals surface area contributed by atoms with Gasteiger partial charge in [-0.2, -0.15) is 0 Å². The number of ether oxygens (including phenoxy) is 3. The van der Waals surface area contributed by atoms with E-state index in [0.717, 1.165) is 22.3 Å². The lowest BCUT2D eigenvalue weighted by atomic mass is 9.95. The van der Waals surface area contributed by atoms with Crippen LogP contribution in [0.1, 0.15) is 23.7 Å². The Balaban J connectivity index is 2.34. The molecule has 4 nitrogen and oxygen atoms in total. The van der Waals surface area contributed by atoms with E-state index in [9.17, 15) is 5.11 Å². The standard InChI is InChI=1S/C18H20O4/c1-20-16-10-14-11-6-4-5-7-12(11)15(19)9-8-13(14)17(21-2)18(16)22-3/h4-7,10,15,19H,8-9H2,1-3H3/t15-/m1/s1. The Morgan fingerprint density at radius 3 is 2.36 bits per heavy atom. The number of aliphatic hydroxyl groups is 1. The van der Waals surface area contributed by atoms with Crippen molar-refractivity contribution in [1.29, 1.82) is 0 Å². The fraction of sp³-hybridized carbons (Fsp3) is 0.333. The van der Waals surface area contributed by atoms with Gasteiger partial charge >= 0.3 is 0 Å². The summed E-state index contributed by atoms with van der Waals surface area (Å²) in [5.74, 6) is 1.91. The molecule has 0 bridgehead atoms. The summed E-state index contributed by atoms with van der Waals surface area (Å²) in [4.78, 5) is 0. The number of benzene rings is 2. The van der Waals surface area contributed by atoms with Crippen LogP contribution in [0.15, 0.2) is 30.3 Å². The van der Waals surface area contributed by atoms with Crippen molar-refractivity contribution in [2.45, 2.75) is 18.9 Å². The van der Waals surface area contributed by atoms with Gasteiger partial charge in [0, 0.05) is 5.56 Å². The largest absolute Gasteiger partial charge is 0.493 e. The molecule has 0 fully saturated rings. The SMILES string of the molecule is COc1cc2c(c(OC)c1OC)CC[C@@H](O)c1ccccc1-2. The lowest BCUT2D eigenvalue weighted by Gasteiger charge is -2.19. The van der Waals surface area contributed by atoms with E-state index < -0.39 is 6.10 Å². The van der Waals surface area contributed by atoms with Crippen LogP contribution < -0.4 is 14.2 Å². The lowest BCUT2D eigenvalue weighted by Crippen LogP contribution is -2.01. The average Bonchev–Trinajstić information content (AvgIpc) is 2.70. The van der Waals surface area contributed by atoms with Gasteiger partial charge in [0.2, 0.25) is 5.75 Å². The Morgan fingerprint density at radius 2 is 1.68 bits per heavy atom. The van der Waals surface area contributed by atoms with Crippen LogP contribution in [-0.2, 0) is 6.42 Å². The summed E-state index contributed by atoms with van der Waals surface area (Å²) >= 11 is 0. The van der Waals surface area contributed by atoms with E-state index in [4.69, 9.17) is 14.2 Å². The Labute approximate surface area is 130 Å². The van der Waals surface area contributed by atoms with Gasteiger partial charge in [0.25, 0.3) is 0 Å². The summed E-state index contributed by atoms with van der Waals surface area (Å²) in [7, 11) is 4.85. The van der Waals surface area contributed by atoms with E-state index in [1.165, 1.54) is 0 Å². The van der Waals surface area contributed by atoms with Crippen molar-refractivity contribution in [2.75, 3.05) is 21.3 Å². The number of fused-ring (bicyclic) bond motifs is 3. The molecule has 1 atom stereocenters. The molecular weight excluding hydrogens is 280 g/mol. The molecule has 4 heteroatoms. The minimum Gasteiger partial charge on any atom is -0.493 e. The highest BCUT2D eigenvalue weighted by Gasteiger charge is 2.27. The van der Waals surface area contributed by atoms with Crippen LogP contribution in [0.2, 0.25) is 0 Å². The van der Waals surface area contributed by atoms with Crippen molar-refractivity contribution in [3.63, 3.8) is 0 Å². The molecule has 2 aromatic carbocycles. The zero-order valence-electron chi connectivity index (χ0n) is 13.1. The number of methoxy groups -OCH3 is 3. The fourth-order valence-electron chi connectivity index (χ4n) is 3.17. The molecule has 0 radical (unpaired) electrons. The first-order valence-electron chi connectivity index (χ1n) is 7.30. The van der Waals surface area contributed by atoms with E-state index >= 15 is 0 Å². The maximum absolute atomic E-state index is 10.4. The summed E-state index contributed by atoms with van der Waals surface area (Å²) in [6, 6.07) is 9.88. The molecule has 0 saturated carbocycles. The van der Waals surface area contributed by atoms with Crippen molar-refractivity contribution in [2.24, 2.45) is 0 Å². The van der Waals surface area contributed by atoms with Crippen molar-refractivity contribution >= 4 is 0 Å². The molecule has 0 aromatic heterocycles. The second kappa shape index (κ2) is 5.89. The van der Waals surface area contributed by atoms with Gasteiger partial charge in [-0.15, -0.1) is 0 Å². The van der Waals surface area contributed by atoms with E-state index in [2.05, 4.69) is 0 Å². The van der Waals surface area contributed by atoms with E-state index in [0.29, 0.717) is 30.1 Å². The maximum atomic E-state index is 10.4. The first-order valence-corrected chi connectivity index (χ1v) is 7.30. The third-order valence-corrected chi connectivity index (χ3v) is 4.21. The van der Waals surface area contributed by atoms with Crippen LogP contribution in [0.25, 0.3) is 11.1 Å². The molecule has 1 aliphatic carbocycles. The molecule has 1 aliphatic rings. The quantitative estimate of drug-likeness (QED) is 0.944. The second-order valence-electron chi connectivity index (χ2n) is 5.31. The Bertz CT molecular complexity index is 694. The number of hydrogen-bond acceptors (Lipinski definition) is 4. The van der Waals surface area contributed by atoms with Crippen LogP contribution in [0.5, 0.6) is 17.2 Å². The van der Waals surface area contributed by atoms with Crippen LogP contribution >= 0.6 is 0 Å². The van der Waals surface area contributed by atoms with E-state index in [-0.39, 0.29) is 0 Å². The van der Waals surface area contributed by atoms with Crippen LogP contribution in [-0.4, -0.2) is 26.4 Å². The third-order valence-electron chi connectivity index (χ3n) is 4.21. The van der Waals surface area contributed by atoms with Crippen LogP contribution in [0.3, 0.4) is 0 Å². The topological polar surface area (TPSA) is 47.9 Å². The number of rotatable bonds is 3. The Hall–Kier alpha value is -2.20. The highest BCUT2D eigenvalue weighted by atomic mass is 16.5. The Kier molecular flexibility index (Phi) is 3.94. The van der Waals surface area contributed by atoms with Gasteiger partial charge in [0.15, 0.2) is 11.5 Å². The summed E-state index contributed by atoms with van der Waals surface area (Å²) < 4.78 is 16.5. The lowest BCUT2D eigenvalue weighted by molar-refractivity contribution is 0.169. The second-order valence-corrected chi connectivity index (χ2v) is 5.31. The fourth-order valence-corrected chi connectivity index (χ4v) is 3.17. The minimum atomic E-state index is -0.481. The van der Waals surface area contributed by atoms with Gasteiger partial charge in [-0.3, -0.25) is 0 Å². The summed E-state index contributed by atoms with van der Waals surface area (Å²) in [6.07, 6.45) is 0.884. The molecule has 0 unspecified atom stereocenters. The highest BCUT2D eigenvalue weighted by Crippen LogP contribution is 2.48. The van der Waals surface area contributed by atoms with Gasteiger partial charge in [0.05, 0.1) is 27.4 Å². The van der Waals surface area contributed by atoms with Gasteiger partial charge < -0.3 is 19.3 Å². The van der Waals surface area contributed by atoms with Crippen molar-refractivity contribution in [1.82, 2.24) is 0 Å². The molecule has 3 rings (SSSR count). The molecule has 0 aliphatic heterocycles. The van der Waals surface area contributed by atoms with Crippen LogP contribution in [0, 0.1) is 0 Å². The molecule has 0 spiro atoms. The molecule has 2 aromatic rings. The predicted molar refractivity (Wildman–Crippen MR) is 84.8 cm³/mol. The summed E-state index contributed by atoms with van der Waals surface area (Å²) in [5, 5.41) is 10.4. The molecule has 116 valence electrons. The molecule has 0 amide bonds. The van der Waals surface area contributed by atoms with E-state index in [1.807, 2.05) is 30.3 Å². The summed E-state index contributed by atoms with van der Waals surface area (Å²) in [6.45, 7) is 0. The van der Waals surface area contributed by atoms with Gasteiger partial charge in [-0.1, -0.05) is 24.3 Å². The maximum Gasteiger partial charge on any atom is 0.203 e. The molecule has 0 heterocycles. The van der Waals surface area contributed by atoms with Crippen molar-refractivity contribution in [3.8, 4) is 28.4 Å². The van der Waals surface area contributed by atoms with Crippen molar-refractivity contribution in [3.05, 3.63) is 41.5 Å². The van der Waals surface area contributed by atoms with Gasteiger partial charge in [-0.05, 0) is 35.6 Å². The molecule has 22 heavy (non-hydrogen) atoms. The zero-order valence-corrected chi connectivity index (χ0v) is 13.1. The molecular formula is C18H20O4. The average molecular weight is 300 g/mol. The summed E-state index contributed by atoms with van der Waals surface area (Å²) in [5.41, 5.74) is 4.03. The number of aliphatic hydroxyl groups excluding tert-OH is 1.